The molecule has 0 unspecified atom stereocenters. The molecule has 3 nitrogen and oxygen atoms in total. The third-order valence-electron chi connectivity index (χ3n) is 2.98. The fourth-order valence-corrected chi connectivity index (χ4v) is 2.02. The molecule has 0 radical (unpaired) electrons. The fraction of sp³-hybridized carbons (Fsp3) is 0.214. The van der Waals surface area contributed by atoms with Crippen LogP contribution in [-0.2, 0) is 6.54 Å². The highest BCUT2D eigenvalue weighted by molar-refractivity contribution is 5.87. The van der Waals surface area contributed by atoms with Crippen LogP contribution in [0, 0.1) is 13.8 Å². The molecule has 0 amide bonds. The monoisotopic (exact) mass is 228 g/mol. The molecule has 17 heavy (non-hydrogen) atoms. The average molecular weight is 228 g/mol. The first kappa shape index (κ1) is 11.5. The van der Waals surface area contributed by atoms with Crippen LogP contribution in [0.5, 0.6) is 0 Å². The molecule has 1 heterocycles. The smallest absolute Gasteiger partial charge is 0.0733 e. The second kappa shape index (κ2) is 4.45. The van der Waals surface area contributed by atoms with Gasteiger partial charge < -0.3 is 14.5 Å². The summed E-state index contributed by atoms with van der Waals surface area (Å²) in [6.45, 7) is 4.40. The van der Waals surface area contributed by atoms with E-state index in [1.54, 1.807) is 13.0 Å². The maximum Gasteiger partial charge on any atom is 0.0733 e. The summed E-state index contributed by atoms with van der Waals surface area (Å²) in [4.78, 5) is 10.9. The van der Waals surface area contributed by atoms with Crippen LogP contribution in [0.1, 0.15) is 27.3 Å². The first-order chi connectivity index (χ1) is 8.09. The topological polar surface area (TPSA) is 45.1 Å². The molecule has 2 aromatic rings. The Bertz CT molecular complexity index is 541. The highest BCUT2D eigenvalue weighted by Gasteiger charge is 2.09. The quantitative estimate of drug-likeness (QED) is 0.799. The lowest BCUT2D eigenvalue weighted by Crippen LogP contribution is -2.22. The minimum Gasteiger partial charge on any atom is -0.545 e. The molecule has 0 bridgehead atoms. The lowest BCUT2D eigenvalue weighted by Gasteiger charge is -2.10. The molecule has 2 rings (SSSR count). The van der Waals surface area contributed by atoms with Gasteiger partial charge in [0.05, 0.1) is 5.97 Å². The highest BCUT2D eigenvalue weighted by atomic mass is 16.4. The number of hydrogen-bond acceptors (Lipinski definition) is 2. The molecule has 0 fully saturated rings. The number of aryl methyl sites for hydroxylation is 1. The number of nitrogens with zero attached hydrogens (tertiary/aromatic N) is 1. The first-order valence-corrected chi connectivity index (χ1v) is 5.51. The van der Waals surface area contributed by atoms with Crippen molar-refractivity contribution < 1.29 is 9.90 Å². The fourth-order valence-electron chi connectivity index (χ4n) is 2.02. The van der Waals surface area contributed by atoms with Gasteiger partial charge in [-0.25, -0.2) is 0 Å². The van der Waals surface area contributed by atoms with Crippen molar-refractivity contribution in [2.75, 3.05) is 0 Å². The van der Waals surface area contributed by atoms with Crippen molar-refractivity contribution in [1.29, 1.82) is 0 Å². The molecule has 0 atom stereocenters. The maximum absolute atomic E-state index is 10.9. The van der Waals surface area contributed by atoms with Gasteiger partial charge in [0, 0.05) is 23.5 Å². The van der Waals surface area contributed by atoms with E-state index in [0.29, 0.717) is 6.54 Å². The number of carbonyl (C=O) groups excluding carboxylic acids is 1. The molecular weight excluding hydrogens is 214 g/mol. The Morgan fingerprint density at radius 1 is 1.24 bits per heavy atom. The summed E-state index contributed by atoms with van der Waals surface area (Å²) in [5.74, 6) is -1.11. The molecule has 0 saturated heterocycles. The summed E-state index contributed by atoms with van der Waals surface area (Å²) < 4.78 is 1.99. The van der Waals surface area contributed by atoms with Crippen LogP contribution >= 0.6 is 0 Å². The summed E-state index contributed by atoms with van der Waals surface area (Å²) in [5, 5.41) is 10.9. The van der Waals surface area contributed by atoms with Gasteiger partial charge >= 0.3 is 0 Å². The van der Waals surface area contributed by atoms with E-state index in [1.165, 1.54) is 0 Å². The molecule has 0 aliphatic rings. The number of hydrogen-bond donors (Lipinski definition) is 0. The van der Waals surface area contributed by atoms with Crippen LogP contribution in [0.25, 0.3) is 0 Å². The van der Waals surface area contributed by atoms with Gasteiger partial charge in [0.25, 0.3) is 0 Å². The van der Waals surface area contributed by atoms with E-state index in [2.05, 4.69) is 0 Å². The summed E-state index contributed by atoms with van der Waals surface area (Å²) >= 11 is 0. The zero-order valence-corrected chi connectivity index (χ0v) is 9.93. The summed E-state index contributed by atoms with van der Waals surface area (Å²) in [6, 6.07) is 11.6. The Morgan fingerprint density at radius 3 is 2.41 bits per heavy atom. The van der Waals surface area contributed by atoms with E-state index in [-0.39, 0.29) is 5.56 Å². The molecule has 3 heteroatoms. The van der Waals surface area contributed by atoms with Crippen molar-refractivity contribution in [2.24, 2.45) is 0 Å². The van der Waals surface area contributed by atoms with Crippen LogP contribution in [0.4, 0.5) is 0 Å². The van der Waals surface area contributed by atoms with Gasteiger partial charge in [0.1, 0.15) is 0 Å². The normalized spacial score (nSPS) is 10.5. The molecule has 0 aliphatic carbocycles. The van der Waals surface area contributed by atoms with Crippen molar-refractivity contribution in [3.05, 3.63) is 58.9 Å². The van der Waals surface area contributed by atoms with Gasteiger partial charge in [-0.1, -0.05) is 30.3 Å². The van der Waals surface area contributed by atoms with Gasteiger partial charge in [-0.05, 0) is 25.5 Å². The Balaban J connectivity index is 2.37. The second-order valence-corrected chi connectivity index (χ2v) is 4.14. The van der Waals surface area contributed by atoms with E-state index >= 15 is 0 Å². The molecule has 1 aromatic heterocycles. The van der Waals surface area contributed by atoms with E-state index in [4.69, 9.17) is 0 Å². The number of aromatic carboxylic acids is 1. The standard InChI is InChI=1S/C14H15NO2/c1-10-8-13(14(16)17)11(2)15(10)9-12-6-4-3-5-7-12/h3-8H,9H2,1-2H3,(H,16,17)/p-1. The third kappa shape index (κ3) is 2.23. The number of rotatable bonds is 3. The van der Waals surface area contributed by atoms with Gasteiger partial charge in [0.15, 0.2) is 0 Å². The maximum atomic E-state index is 10.9. The third-order valence-corrected chi connectivity index (χ3v) is 2.98. The lowest BCUT2D eigenvalue weighted by atomic mass is 10.2. The van der Waals surface area contributed by atoms with Crippen molar-refractivity contribution in [3.8, 4) is 0 Å². The molecule has 1 aromatic carbocycles. The number of benzene rings is 1. The van der Waals surface area contributed by atoms with Crippen LogP contribution < -0.4 is 5.11 Å². The minimum absolute atomic E-state index is 0.276. The average Bonchev–Trinajstić information content (AvgIpc) is 2.58. The Hall–Kier alpha value is -2.03. The van der Waals surface area contributed by atoms with Crippen LogP contribution in [-0.4, -0.2) is 10.5 Å². The molecule has 0 N–H and O–H groups in total. The van der Waals surface area contributed by atoms with Crippen molar-refractivity contribution in [2.45, 2.75) is 20.4 Å². The zero-order valence-electron chi connectivity index (χ0n) is 9.93. The number of aromatic nitrogens is 1. The van der Waals surface area contributed by atoms with Gasteiger partial charge in [-0.15, -0.1) is 0 Å². The van der Waals surface area contributed by atoms with Gasteiger partial charge in [-0.3, -0.25) is 0 Å². The predicted molar refractivity (Wildman–Crippen MR) is 63.8 cm³/mol. The number of carboxylic acid groups (broad SMARTS) is 1. The Labute approximate surface area is 100 Å². The summed E-state index contributed by atoms with van der Waals surface area (Å²) in [6.07, 6.45) is 0. The summed E-state index contributed by atoms with van der Waals surface area (Å²) in [7, 11) is 0. The van der Waals surface area contributed by atoms with Crippen molar-refractivity contribution in [1.82, 2.24) is 4.57 Å². The highest BCUT2D eigenvalue weighted by Crippen LogP contribution is 2.16. The molecule has 0 spiro atoms. The lowest BCUT2D eigenvalue weighted by molar-refractivity contribution is -0.255. The van der Waals surface area contributed by atoms with Gasteiger partial charge in [0.2, 0.25) is 0 Å². The van der Waals surface area contributed by atoms with Crippen molar-refractivity contribution in [3.63, 3.8) is 0 Å². The van der Waals surface area contributed by atoms with E-state index in [9.17, 15) is 9.90 Å². The molecule has 0 saturated carbocycles. The van der Waals surface area contributed by atoms with Crippen LogP contribution in [0.15, 0.2) is 36.4 Å². The number of carboxylic acids is 1. The SMILES string of the molecule is Cc1cc(C(=O)[O-])c(C)n1Cc1ccccc1. The van der Waals surface area contributed by atoms with Crippen molar-refractivity contribution >= 4 is 5.97 Å². The predicted octanol–water partition coefficient (Wildman–Crippen LogP) is 1.52. The second-order valence-electron chi connectivity index (χ2n) is 4.14. The number of carbonyl (C=O) groups is 1. The largest absolute Gasteiger partial charge is 0.545 e. The van der Waals surface area contributed by atoms with E-state index < -0.39 is 5.97 Å². The van der Waals surface area contributed by atoms with Crippen LogP contribution in [0.2, 0.25) is 0 Å². The molecule has 88 valence electrons. The zero-order chi connectivity index (χ0) is 12.4. The van der Waals surface area contributed by atoms with E-state index in [0.717, 1.165) is 17.0 Å². The Kier molecular flexibility index (Phi) is 3.00. The minimum atomic E-state index is -1.11. The first-order valence-electron chi connectivity index (χ1n) is 5.51. The van der Waals surface area contributed by atoms with Crippen LogP contribution in [0.3, 0.4) is 0 Å². The van der Waals surface area contributed by atoms with E-state index in [1.807, 2.05) is 41.8 Å². The summed E-state index contributed by atoms with van der Waals surface area (Å²) in [5.41, 5.74) is 3.11. The Morgan fingerprint density at radius 2 is 1.88 bits per heavy atom. The van der Waals surface area contributed by atoms with Gasteiger partial charge in [-0.2, -0.15) is 0 Å². The molecular formula is C14H14NO2-. The molecule has 0 aliphatic heterocycles.